The van der Waals surface area contributed by atoms with E-state index in [2.05, 4.69) is 0 Å². The third-order valence-corrected chi connectivity index (χ3v) is 1.27. The molecule has 0 radical (unpaired) electrons. The van der Waals surface area contributed by atoms with Crippen molar-refractivity contribution in [2.75, 3.05) is 0 Å². The quantitative estimate of drug-likeness (QED) is 0.443. The molecule has 2 heteroatoms. The molecule has 0 unspecified atom stereocenters. The second-order valence-electron chi connectivity index (χ2n) is 2.25. The van der Waals surface area contributed by atoms with Crippen molar-refractivity contribution in [2.24, 2.45) is 0 Å². The molecule has 0 aliphatic heterocycles. The van der Waals surface area contributed by atoms with Crippen LogP contribution in [0.15, 0.2) is 23.8 Å². The molecule has 0 heterocycles. The van der Waals surface area contributed by atoms with Crippen LogP contribution in [-0.4, -0.2) is 12.6 Å². The van der Waals surface area contributed by atoms with E-state index in [1.165, 1.54) is 12.2 Å². The van der Waals surface area contributed by atoms with Gasteiger partial charge in [-0.3, -0.25) is 9.59 Å². The van der Waals surface area contributed by atoms with Crippen LogP contribution >= 0.6 is 0 Å². The number of carbonyl (C=O) groups excluding carboxylic acids is 2. The average Bonchev–Trinajstić information content (AvgIpc) is 1.99. The normalized spacial score (nSPS) is 11.9. The molecule has 0 aromatic heterocycles. The van der Waals surface area contributed by atoms with Crippen molar-refractivity contribution >= 4 is 12.6 Å². The van der Waals surface area contributed by atoms with Gasteiger partial charge in [-0.15, -0.1) is 0 Å². The Bertz CT molecular complexity index is 178. The van der Waals surface area contributed by atoms with Crippen LogP contribution in [0.4, 0.5) is 0 Å². The molecule has 60 valence electrons. The van der Waals surface area contributed by atoms with E-state index >= 15 is 0 Å². The van der Waals surface area contributed by atoms with Crippen LogP contribution in [0.25, 0.3) is 0 Å². The largest absolute Gasteiger partial charge is 0.299 e. The molecular weight excluding hydrogens is 140 g/mol. The Hall–Kier alpha value is -1.18. The van der Waals surface area contributed by atoms with Gasteiger partial charge in [-0.25, -0.2) is 0 Å². The van der Waals surface area contributed by atoms with E-state index < -0.39 is 0 Å². The lowest BCUT2D eigenvalue weighted by Crippen LogP contribution is -1.76. The van der Waals surface area contributed by atoms with E-state index in [0.29, 0.717) is 0 Å². The summed E-state index contributed by atoms with van der Waals surface area (Å²) in [5.41, 5.74) is 1.04. The van der Waals surface area contributed by atoms with Crippen LogP contribution in [0.1, 0.15) is 19.8 Å². The molecule has 0 spiro atoms. The van der Waals surface area contributed by atoms with Gasteiger partial charge >= 0.3 is 0 Å². The van der Waals surface area contributed by atoms with E-state index in [9.17, 15) is 9.59 Å². The first-order valence-corrected chi connectivity index (χ1v) is 3.52. The lowest BCUT2D eigenvalue weighted by molar-refractivity contribution is -0.104. The van der Waals surface area contributed by atoms with Crippen molar-refractivity contribution in [3.05, 3.63) is 23.8 Å². The van der Waals surface area contributed by atoms with Gasteiger partial charge < -0.3 is 0 Å². The van der Waals surface area contributed by atoms with Crippen molar-refractivity contribution in [1.82, 2.24) is 0 Å². The summed E-state index contributed by atoms with van der Waals surface area (Å²) in [5, 5.41) is 0. The van der Waals surface area contributed by atoms with Gasteiger partial charge in [0.05, 0.1) is 0 Å². The van der Waals surface area contributed by atoms with Crippen LogP contribution in [0, 0.1) is 0 Å². The maximum atomic E-state index is 9.95. The fourth-order valence-electron chi connectivity index (χ4n) is 0.662. The van der Waals surface area contributed by atoms with Crippen molar-refractivity contribution in [3.63, 3.8) is 0 Å². The summed E-state index contributed by atoms with van der Waals surface area (Å²) in [6, 6.07) is 0. The first-order valence-electron chi connectivity index (χ1n) is 3.52. The third-order valence-electron chi connectivity index (χ3n) is 1.27. The smallest absolute Gasteiger partial charge is 0.142 e. The summed E-state index contributed by atoms with van der Waals surface area (Å²) in [4.78, 5) is 19.8. The minimum atomic E-state index is 0.749. The Labute approximate surface area is 66.6 Å². The molecule has 2 nitrogen and oxygen atoms in total. The van der Waals surface area contributed by atoms with Crippen molar-refractivity contribution in [1.29, 1.82) is 0 Å². The van der Waals surface area contributed by atoms with Crippen molar-refractivity contribution in [2.45, 2.75) is 19.8 Å². The second-order valence-corrected chi connectivity index (χ2v) is 2.25. The maximum Gasteiger partial charge on any atom is 0.142 e. The van der Waals surface area contributed by atoms with Crippen molar-refractivity contribution in [3.8, 4) is 0 Å². The molecule has 11 heavy (non-hydrogen) atoms. The average molecular weight is 152 g/mol. The van der Waals surface area contributed by atoms with Gasteiger partial charge in [0.15, 0.2) is 0 Å². The predicted molar refractivity (Wildman–Crippen MR) is 44.3 cm³/mol. The molecule has 0 aromatic carbocycles. The number of hydrogen-bond acceptors (Lipinski definition) is 2. The van der Waals surface area contributed by atoms with E-state index in [4.69, 9.17) is 0 Å². The summed E-state index contributed by atoms with van der Waals surface area (Å²) in [7, 11) is 0. The highest BCUT2D eigenvalue weighted by Crippen LogP contribution is 2.02. The van der Waals surface area contributed by atoms with E-state index in [-0.39, 0.29) is 0 Å². The Morgan fingerprint density at radius 1 is 1.27 bits per heavy atom. The van der Waals surface area contributed by atoms with Crippen LogP contribution in [0.2, 0.25) is 0 Å². The zero-order valence-corrected chi connectivity index (χ0v) is 6.62. The fourth-order valence-corrected chi connectivity index (χ4v) is 0.662. The molecule has 0 aromatic rings. The standard InChI is InChI=1S/C9H12O2/c1-9(6-8-11)5-3-2-4-7-10/h2,4,6-8H,3,5H2,1H3. The molecule has 0 saturated carbocycles. The Balaban J connectivity index is 3.53. The number of carbonyl (C=O) groups is 2. The second kappa shape index (κ2) is 6.93. The Morgan fingerprint density at radius 3 is 2.55 bits per heavy atom. The molecule has 0 fully saturated rings. The van der Waals surface area contributed by atoms with Gasteiger partial charge in [0, 0.05) is 0 Å². The zero-order valence-electron chi connectivity index (χ0n) is 6.62. The molecule has 0 aliphatic rings. The lowest BCUT2D eigenvalue weighted by Gasteiger charge is -1.92. The number of aldehydes is 2. The number of allylic oxidation sites excluding steroid dienone is 4. The highest BCUT2D eigenvalue weighted by atomic mass is 16.1. The van der Waals surface area contributed by atoms with Crippen LogP contribution in [-0.2, 0) is 9.59 Å². The molecule has 0 N–H and O–H groups in total. The maximum absolute atomic E-state index is 9.95. The topological polar surface area (TPSA) is 34.1 Å². The number of hydrogen-bond donors (Lipinski definition) is 0. The molecule has 0 aliphatic carbocycles. The summed E-state index contributed by atoms with van der Waals surface area (Å²) < 4.78 is 0. The summed E-state index contributed by atoms with van der Waals surface area (Å²) in [6.07, 6.45) is 7.97. The van der Waals surface area contributed by atoms with Crippen LogP contribution in [0.5, 0.6) is 0 Å². The number of rotatable bonds is 5. The SMILES string of the molecule is CC(=CC=O)CCC=CC=O. The highest BCUT2D eigenvalue weighted by molar-refractivity contribution is 5.66. The van der Waals surface area contributed by atoms with Gasteiger partial charge in [0.2, 0.25) is 0 Å². The van der Waals surface area contributed by atoms with Gasteiger partial charge in [0.1, 0.15) is 12.6 Å². The molecule has 0 atom stereocenters. The first kappa shape index (κ1) is 9.82. The minimum absolute atomic E-state index is 0.749. The highest BCUT2D eigenvalue weighted by Gasteiger charge is 1.85. The van der Waals surface area contributed by atoms with E-state index in [1.807, 2.05) is 6.92 Å². The van der Waals surface area contributed by atoms with Gasteiger partial charge in [-0.05, 0) is 31.9 Å². The predicted octanol–water partition coefficient (Wildman–Crippen LogP) is 1.67. The monoisotopic (exact) mass is 152 g/mol. The summed E-state index contributed by atoms with van der Waals surface area (Å²) in [6.45, 7) is 1.89. The van der Waals surface area contributed by atoms with E-state index in [0.717, 1.165) is 31.0 Å². The summed E-state index contributed by atoms with van der Waals surface area (Å²) in [5.74, 6) is 0. The third kappa shape index (κ3) is 6.71. The van der Waals surface area contributed by atoms with Gasteiger partial charge in [0.25, 0.3) is 0 Å². The Kier molecular flexibility index (Phi) is 6.19. The van der Waals surface area contributed by atoms with Crippen molar-refractivity contribution < 1.29 is 9.59 Å². The molecule has 0 amide bonds. The van der Waals surface area contributed by atoms with Crippen LogP contribution < -0.4 is 0 Å². The van der Waals surface area contributed by atoms with Crippen LogP contribution in [0.3, 0.4) is 0 Å². The first-order chi connectivity index (χ1) is 5.31. The molecule has 0 saturated heterocycles. The summed E-state index contributed by atoms with van der Waals surface area (Å²) >= 11 is 0. The lowest BCUT2D eigenvalue weighted by atomic mass is 10.1. The van der Waals surface area contributed by atoms with Gasteiger partial charge in [-0.1, -0.05) is 11.6 Å². The Morgan fingerprint density at radius 2 is 2.00 bits per heavy atom. The fraction of sp³-hybridized carbons (Fsp3) is 0.333. The molecule has 0 rings (SSSR count). The zero-order chi connectivity index (χ0) is 8.53. The minimum Gasteiger partial charge on any atom is -0.299 e. The van der Waals surface area contributed by atoms with E-state index in [1.54, 1.807) is 6.08 Å². The van der Waals surface area contributed by atoms with Gasteiger partial charge in [-0.2, -0.15) is 0 Å². The molecular formula is C9H12O2. The molecule has 0 bridgehead atoms.